The lowest BCUT2D eigenvalue weighted by Gasteiger charge is -2.36. The van der Waals surface area contributed by atoms with E-state index in [-0.39, 0.29) is 23.3 Å². The number of piperazine rings is 1. The van der Waals surface area contributed by atoms with Gasteiger partial charge in [-0.3, -0.25) is 4.79 Å². The van der Waals surface area contributed by atoms with Gasteiger partial charge in [0, 0.05) is 26.2 Å². The van der Waals surface area contributed by atoms with Gasteiger partial charge in [0.1, 0.15) is 5.60 Å². The minimum atomic E-state index is -0.486. The smallest absolute Gasteiger partial charge is 0.410 e. The normalized spacial score (nSPS) is 26.0. The number of carbonyl (C=O) groups is 2. The molecular formula is C19H32N2O3. The van der Waals surface area contributed by atoms with Gasteiger partial charge in [-0.25, -0.2) is 4.79 Å². The Hall–Kier alpha value is -1.52. The molecule has 0 aromatic carbocycles. The highest BCUT2D eigenvalue weighted by atomic mass is 16.6. The molecule has 0 N–H and O–H groups in total. The number of carbonyl (C=O) groups excluding carboxylic acids is 2. The second kappa shape index (κ2) is 6.41. The average Bonchev–Trinajstić information content (AvgIpc) is 2.96. The van der Waals surface area contributed by atoms with Crippen molar-refractivity contribution in [2.24, 2.45) is 17.3 Å². The lowest BCUT2D eigenvalue weighted by Crippen LogP contribution is -2.52. The Kier molecular flexibility index (Phi) is 5.03. The van der Waals surface area contributed by atoms with Crippen LogP contribution < -0.4 is 0 Å². The van der Waals surface area contributed by atoms with Crippen molar-refractivity contribution in [3.05, 3.63) is 11.6 Å². The Labute approximate surface area is 146 Å². The lowest BCUT2D eigenvalue weighted by molar-refractivity contribution is -0.135. The molecule has 1 aliphatic carbocycles. The molecule has 1 heterocycles. The summed E-state index contributed by atoms with van der Waals surface area (Å²) in [7, 11) is 0. The fraction of sp³-hybridized carbons (Fsp3) is 0.789. The third-order valence-electron chi connectivity index (χ3n) is 4.93. The highest BCUT2D eigenvalue weighted by molar-refractivity contribution is 5.84. The first-order chi connectivity index (χ1) is 10.9. The van der Waals surface area contributed by atoms with E-state index in [1.165, 1.54) is 5.57 Å². The van der Waals surface area contributed by atoms with E-state index in [1.807, 2.05) is 25.7 Å². The molecule has 2 amide bonds. The van der Waals surface area contributed by atoms with Gasteiger partial charge >= 0.3 is 6.09 Å². The van der Waals surface area contributed by atoms with Crippen molar-refractivity contribution in [1.29, 1.82) is 0 Å². The molecule has 2 aliphatic rings. The van der Waals surface area contributed by atoms with Gasteiger partial charge in [-0.15, -0.1) is 0 Å². The van der Waals surface area contributed by atoms with E-state index in [9.17, 15) is 9.59 Å². The molecule has 136 valence electrons. The van der Waals surface area contributed by atoms with Gasteiger partial charge in [0.15, 0.2) is 0 Å². The first-order valence-electron chi connectivity index (χ1n) is 8.85. The number of ether oxygens (including phenoxy) is 1. The van der Waals surface area contributed by atoms with Gasteiger partial charge in [-0.2, -0.15) is 0 Å². The molecule has 0 bridgehead atoms. The summed E-state index contributed by atoms with van der Waals surface area (Å²) in [5, 5.41) is 0. The minimum absolute atomic E-state index is 0.0383. The zero-order valence-electron chi connectivity index (χ0n) is 16.2. The van der Waals surface area contributed by atoms with E-state index in [4.69, 9.17) is 4.74 Å². The maximum Gasteiger partial charge on any atom is 0.410 e. The van der Waals surface area contributed by atoms with E-state index < -0.39 is 5.60 Å². The Bertz CT molecular complexity index is 533. The number of allylic oxidation sites excluding steroid dienone is 2. The minimum Gasteiger partial charge on any atom is -0.444 e. The van der Waals surface area contributed by atoms with Crippen LogP contribution in [0.15, 0.2) is 11.6 Å². The van der Waals surface area contributed by atoms with E-state index in [1.54, 1.807) is 4.90 Å². The summed E-state index contributed by atoms with van der Waals surface area (Å²) in [5.74, 6) is 0.630. The van der Waals surface area contributed by atoms with Crippen LogP contribution in [0.3, 0.4) is 0 Å². The molecule has 1 aliphatic heterocycles. The van der Waals surface area contributed by atoms with Crippen LogP contribution in [0.1, 0.15) is 48.5 Å². The van der Waals surface area contributed by atoms with Crippen LogP contribution in [0.5, 0.6) is 0 Å². The molecule has 5 nitrogen and oxygen atoms in total. The van der Waals surface area contributed by atoms with Crippen LogP contribution >= 0.6 is 0 Å². The zero-order valence-corrected chi connectivity index (χ0v) is 16.2. The second-order valence-electron chi connectivity index (χ2n) is 8.86. The quantitative estimate of drug-likeness (QED) is 0.727. The number of hydrogen-bond acceptors (Lipinski definition) is 3. The lowest BCUT2D eigenvalue weighted by atomic mass is 10.1. The van der Waals surface area contributed by atoms with Crippen LogP contribution in [0.2, 0.25) is 0 Å². The summed E-state index contributed by atoms with van der Waals surface area (Å²) in [6, 6.07) is 0. The van der Waals surface area contributed by atoms with E-state index >= 15 is 0 Å². The highest BCUT2D eigenvalue weighted by Crippen LogP contribution is 2.60. The molecule has 0 radical (unpaired) electrons. The first-order valence-corrected chi connectivity index (χ1v) is 8.85. The summed E-state index contributed by atoms with van der Waals surface area (Å²) >= 11 is 0. The van der Waals surface area contributed by atoms with E-state index in [0.29, 0.717) is 32.1 Å². The molecule has 2 fully saturated rings. The maximum atomic E-state index is 12.8. The molecule has 2 atom stereocenters. The summed E-state index contributed by atoms with van der Waals surface area (Å²) in [5.41, 5.74) is 0.814. The Morgan fingerprint density at radius 1 is 1.04 bits per heavy atom. The highest BCUT2D eigenvalue weighted by Gasteiger charge is 2.61. The number of nitrogens with zero attached hydrogens (tertiary/aromatic N) is 2. The Morgan fingerprint density at radius 3 is 2.00 bits per heavy atom. The number of hydrogen-bond donors (Lipinski definition) is 0. The van der Waals surface area contributed by atoms with Crippen LogP contribution in [0, 0.1) is 17.3 Å². The van der Waals surface area contributed by atoms with E-state index in [2.05, 4.69) is 33.8 Å². The molecule has 0 unspecified atom stereocenters. The molecule has 0 aromatic rings. The molecule has 24 heavy (non-hydrogen) atoms. The fourth-order valence-electron chi connectivity index (χ4n) is 3.45. The van der Waals surface area contributed by atoms with Crippen LogP contribution in [0.25, 0.3) is 0 Å². The van der Waals surface area contributed by atoms with Crippen LogP contribution in [0.4, 0.5) is 4.79 Å². The monoisotopic (exact) mass is 336 g/mol. The standard InChI is InChI=1S/C19H32N2O3/c1-13(2)12-14-15(19(14,6)7)16(22)20-8-10-21(11-9-20)17(23)24-18(3,4)5/h12,14-15H,8-11H2,1-7H3/t14-,15+/m0/s1. The Morgan fingerprint density at radius 2 is 1.54 bits per heavy atom. The Balaban J connectivity index is 1.90. The van der Waals surface area contributed by atoms with Gasteiger partial charge < -0.3 is 14.5 Å². The molecule has 1 saturated heterocycles. The van der Waals surface area contributed by atoms with Gasteiger partial charge in [-0.05, 0) is 46.0 Å². The molecule has 2 rings (SSSR count). The average molecular weight is 336 g/mol. The predicted molar refractivity (Wildman–Crippen MR) is 94.6 cm³/mol. The van der Waals surface area contributed by atoms with Gasteiger partial charge in [0.2, 0.25) is 5.91 Å². The first kappa shape index (κ1) is 18.8. The van der Waals surface area contributed by atoms with Crippen molar-refractivity contribution in [3.63, 3.8) is 0 Å². The van der Waals surface area contributed by atoms with Crippen molar-refractivity contribution in [3.8, 4) is 0 Å². The van der Waals surface area contributed by atoms with Crippen molar-refractivity contribution in [1.82, 2.24) is 9.80 Å². The summed E-state index contributed by atoms with van der Waals surface area (Å²) in [4.78, 5) is 28.5. The van der Waals surface area contributed by atoms with Crippen molar-refractivity contribution in [2.45, 2.75) is 54.1 Å². The maximum absolute atomic E-state index is 12.8. The fourth-order valence-corrected chi connectivity index (χ4v) is 3.45. The summed E-state index contributed by atoms with van der Waals surface area (Å²) in [6.07, 6.45) is 1.93. The molecular weight excluding hydrogens is 304 g/mol. The predicted octanol–water partition coefficient (Wildman–Crippen LogP) is 3.30. The van der Waals surface area contributed by atoms with Gasteiger partial charge in [0.05, 0.1) is 5.92 Å². The summed E-state index contributed by atoms with van der Waals surface area (Å²) in [6.45, 7) is 16.3. The summed E-state index contributed by atoms with van der Waals surface area (Å²) < 4.78 is 5.40. The number of rotatable bonds is 2. The van der Waals surface area contributed by atoms with Gasteiger partial charge in [-0.1, -0.05) is 25.5 Å². The van der Waals surface area contributed by atoms with E-state index in [0.717, 1.165) is 0 Å². The van der Waals surface area contributed by atoms with Crippen molar-refractivity contribution in [2.75, 3.05) is 26.2 Å². The third kappa shape index (κ3) is 4.11. The second-order valence-corrected chi connectivity index (χ2v) is 8.86. The molecule has 1 saturated carbocycles. The van der Waals surface area contributed by atoms with Crippen LogP contribution in [-0.4, -0.2) is 53.6 Å². The van der Waals surface area contributed by atoms with Crippen molar-refractivity contribution >= 4 is 12.0 Å². The molecule has 0 aromatic heterocycles. The SMILES string of the molecule is CC(C)=C[C@H]1[C@H](C(=O)N2CCN(C(=O)OC(C)(C)C)CC2)C1(C)C. The third-order valence-corrected chi connectivity index (χ3v) is 4.93. The topological polar surface area (TPSA) is 49.9 Å². The number of amides is 2. The van der Waals surface area contributed by atoms with Crippen LogP contribution in [-0.2, 0) is 9.53 Å². The van der Waals surface area contributed by atoms with Gasteiger partial charge in [0.25, 0.3) is 0 Å². The van der Waals surface area contributed by atoms with Crippen molar-refractivity contribution < 1.29 is 14.3 Å². The zero-order chi connectivity index (χ0) is 18.3. The largest absolute Gasteiger partial charge is 0.444 e. The molecule has 0 spiro atoms. The molecule has 5 heteroatoms.